The molecule has 3 aromatic carbocycles. The zero-order valence-corrected chi connectivity index (χ0v) is 20.0. The van der Waals surface area contributed by atoms with Crippen LogP contribution >= 0.6 is 23.2 Å². The van der Waals surface area contributed by atoms with Gasteiger partial charge in [-0.25, -0.2) is 4.99 Å². The molecule has 1 aliphatic heterocycles. The number of rotatable bonds is 3. The fraction of sp³-hybridized carbons (Fsp3) is 0.0357. The van der Waals surface area contributed by atoms with Crippen molar-refractivity contribution in [2.45, 2.75) is 6.54 Å². The number of fused-ring (bicyclic) bond motifs is 3. The number of halogens is 2. The van der Waals surface area contributed by atoms with Crippen molar-refractivity contribution in [1.29, 1.82) is 0 Å². The Bertz CT molecular complexity index is 1850. The van der Waals surface area contributed by atoms with Crippen LogP contribution in [0.4, 0.5) is 0 Å². The van der Waals surface area contributed by atoms with Gasteiger partial charge < -0.3 is 13.6 Å². The Balaban J connectivity index is 1.55. The van der Waals surface area contributed by atoms with Crippen molar-refractivity contribution < 1.29 is 13.6 Å². The summed E-state index contributed by atoms with van der Waals surface area (Å²) in [6.45, 7) is 0.307. The van der Waals surface area contributed by atoms with Crippen molar-refractivity contribution in [3.63, 3.8) is 0 Å². The number of hydrogen-bond acceptors (Lipinski definition) is 6. The van der Waals surface area contributed by atoms with Crippen molar-refractivity contribution in [3.8, 4) is 0 Å². The Morgan fingerprint density at radius 3 is 2.28 bits per heavy atom. The largest absolute Gasteiger partial charge is 0.463 e. The highest BCUT2D eigenvalue weighted by Crippen LogP contribution is 2.33. The molecule has 0 amide bonds. The molecule has 36 heavy (non-hydrogen) atoms. The van der Waals surface area contributed by atoms with E-state index >= 15 is 0 Å². The van der Waals surface area contributed by atoms with Crippen LogP contribution in [-0.4, -0.2) is 5.90 Å². The van der Waals surface area contributed by atoms with E-state index in [2.05, 4.69) is 4.99 Å². The third kappa shape index (κ3) is 3.90. The minimum Gasteiger partial charge on any atom is -0.463 e. The molecule has 176 valence electrons. The normalized spacial score (nSPS) is 15.1. The second-order valence-corrected chi connectivity index (χ2v) is 9.03. The van der Waals surface area contributed by atoms with Crippen LogP contribution in [0.2, 0.25) is 10.0 Å². The molecule has 0 saturated heterocycles. The van der Waals surface area contributed by atoms with Crippen LogP contribution in [0.15, 0.2) is 96.4 Å². The lowest BCUT2D eigenvalue weighted by Crippen LogP contribution is -2.10. The Labute approximate surface area is 213 Å². The summed E-state index contributed by atoms with van der Waals surface area (Å²) in [5, 5.41) is 1.40. The van der Waals surface area contributed by atoms with Gasteiger partial charge in [0.2, 0.25) is 11.2 Å². The van der Waals surface area contributed by atoms with E-state index in [4.69, 9.17) is 36.8 Å². The highest BCUT2D eigenvalue weighted by molar-refractivity contribution is 6.31. The van der Waals surface area contributed by atoms with E-state index in [1.807, 2.05) is 30.3 Å². The summed E-state index contributed by atoms with van der Waals surface area (Å²) < 4.78 is 17.7. The van der Waals surface area contributed by atoms with Gasteiger partial charge in [-0.05, 0) is 48.0 Å². The number of benzene rings is 3. The molecule has 0 saturated carbocycles. The van der Waals surface area contributed by atoms with Crippen molar-refractivity contribution in [1.82, 2.24) is 0 Å². The van der Waals surface area contributed by atoms with Crippen LogP contribution in [-0.2, 0) is 11.3 Å². The number of aliphatic imine (C=N–C) groups is 1. The smallest absolute Gasteiger partial charge is 0.259 e. The summed E-state index contributed by atoms with van der Waals surface area (Å²) in [5.41, 5.74) is 1.36. The average Bonchev–Trinajstić information content (AvgIpc) is 3.23. The molecular weight excluding hydrogens is 501 g/mol. The van der Waals surface area contributed by atoms with E-state index in [-0.39, 0.29) is 44.8 Å². The van der Waals surface area contributed by atoms with E-state index in [1.165, 1.54) is 24.5 Å². The molecule has 0 N–H and O–H groups in total. The fourth-order valence-corrected chi connectivity index (χ4v) is 4.40. The van der Waals surface area contributed by atoms with E-state index < -0.39 is 0 Å². The second kappa shape index (κ2) is 8.82. The van der Waals surface area contributed by atoms with Gasteiger partial charge >= 0.3 is 0 Å². The third-order valence-corrected chi connectivity index (χ3v) is 6.27. The first kappa shape index (κ1) is 22.3. The fourth-order valence-electron chi connectivity index (χ4n) is 4.05. The standard InChI is InChI=1S/C28H15Cl2NO5/c29-17-6-8-21-19(11-17)25(32)16(14-34-21)10-23-24-26(33)20-12-18(30)7-9-22(20)35-27(24)28(36-23)31-13-15-4-2-1-3-5-15/h1-12,14H,13H2/b23-10-,31-28?. The third-order valence-electron chi connectivity index (χ3n) is 5.80. The maximum atomic E-state index is 13.5. The molecule has 0 bridgehead atoms. The lowest BCUT2D eigenvalue weighted by molar-refractivity contribution is 0.506. The molecule has 0 radical (unpaired) electrons. The summed E-state index contributed by atoms with van der Waals surface area (Å²) >= 11 is 12.2. The van der Waals surface area contributed by atoms with Crippen molar-refractivity contribution in [3.05, 3.63) is 126 Å². The summed E-state index contributed by atoms with van der Waals surface area (Å²) in [6.07, 6.45) is 2.76. The molecule has 3 heterocycles. The first-order chi connectivity index (χ1) is 17.5. The van der Waals surface area contributed by atoms with Crippen LogP contribution in [0, 0.1) is 0 Å². The van der Waals surface area contributed by atoms with Gasteiger partial charge in [0.1, 0.15) is 28.8 Å². The Hall–Kier alpha value is -4.13. The maximum Gasteiger partial charge on any atom is 0.259 e. The molecule has 0 fully saturated rings. The Morgan fingerprint density at radius 2 is 1.53 bits per heavy atom. The first-order valence-electron chi connectivity index (χ1n) is 10.9. The predicted molar refractivity (Wildman–Crippen MR) is 141 cm³/mol. The molecule has 2 aromatic heterocycles. The first-order valence-corrected chi connectivity index (χ1v) is 11.7. The topological polar surface area (TPSA) is 82.0 Å². The molecule has 6 rings (SSSR count). The lowest BCUT2D eigenvalue weighted by atomic mass is 10.1. The van der Waals surface area contributed by atoms with Crippen LogP contribution in [0.5, 0.6) is 0 Å². The van der Waals surface area contributed by atoms with Crippen molar-refractivity contribution in [2.75, 3.05) is 0 Å². The molecule has 6 nitrogen and oxygen atoms in total. The van der Waals surface area contributed by atoms with Gasteiger partial charge in [-0.2, -0.15) is 0 Å². The van der Waals surface area contributed by atoms with Gasteiger partial charge in [0.05, 0.1) is 22.9 Å². The SMILES string of the molecule is O=c1c(/C=C2\OC(=NCc3ccccc3)c3oc4ccc(Cl)cc4c(=O)c32)coc2ccc(Cl)cc12. The van der Waals surface area contributed by atoms with Gasteiger partial charge in [0.15, 0.2) is 5.43 Å². The molecule has 8 heteroatoms. The van der Waals surface area contributed by atoms with Gasteiger partial charge in [-0.3, -0.25) is 9.59 Å². The quantitative estimate of drug-likeness (QED) is 0.267. The van der Waals surface area contributed by atoms with E-state index in [0.29, 0.717) is 33.1 Å². The zero-order valence-electron chi connectivity index (χ0n) is 18.5. The van der Waals surface area contributed by atoms with Gasteiger partial charge in [0, 0.05) is 10.0 Å². The predicted octanol–water partition coefficient (Wildman–Crippen LogP) is 6.68. The highest BCUT2D eigenvalue weighted by Gasteiger charge is 2.32. The van der Waals surface area contributed by atoms with Crippen LogP contribution in [0.1, 0.15) is 22.5 Å². The van der Waals surface area contributed by atoms with Crippen LogP contribution in [0.3, 0.4) is 0 Å². The number of ether oxygens (including phenoxy) is 1. The molecule has 5 aromatic rings. The maximum absolute atomic E-state index is 13.5. The summed E-state index contributed by atoms with van der Waals surface area (Å²) in [6, 6.07) is 19.2. The monoisotopic (exact) mass is 515 g/mol. The van der Waals surface area contributed by atoms with Crippen LogP contribution < -0.4 is 10.9 Å². The van der Waals surface area contributed by atoms with Crippen LogP contribution in [0.25, 0.3) is 33.8 Å². The molecule has 0 atom stereocenters. The Kier molecular flexibility index (Phi) is 5.48. The molecule has 0 spiro atoms. The number of nitrogens with zero attached hydrogens (tertiary/aromatic N) is 1. The zero-order chi connectivity index (χ0) is 24.8. The molecule has 1 aliphatic rings. The van der Waals surface area contributed by atoms with Crippen molar-refractivity contribution >= 4 is 62.9 Å². The summed E-state index contributed by atoms with van der Waals surface area (Å²) in [7, 11) is 0. The van der Waals surface area contributed by atoms with E-state index in [9.17, 15) is 9.59 Å². The van der Waals surface area contributed by atoms with E-state index in [1.54, 1.807) is 24.3 Å². The van der Waals surface area contributed by atoms with Crippen molar-refractivity contribution in [2.24, 2.45) is 4.99 Å². The van der Waals surface area contributed by atoms with E-state index in [0.717, 1.165) is 5.56 Å². The minimum atomic E-state index is -0.349. The Morgan fingerprint density at radius 1 is 0.833 bits per heavy atom. The molecule has 0 aliphatic carbocycles. The molecular formula is C28H15Cl2NO5. The van der Waals surface area contributed by atoms with Gasteiger partial charge in [0.25, 0.3) is 5.90 Å². The average molecular weight is 516 g/mol. The van der Waals surface area contributed by atoms with Gasteiger partial charge in [-0.1, -0.05) is 53.5 Å². The number of hydrogen-bond donors (Lipinski definition) is 0. The molecule has 0 unspecified atom stereocenters. The second-order valence-electron chi connectivity index (χ2n) is 8.15. The minimum absolute atomic E-state index is 0.126. The summed E-state index contributed by atoms with van der Waals surface area (Å²) in [4.78, 5) is 31.2. The lowest BCUT2D eigenvalue weighted by Gasteiger charge is -2.02. The van der Waals surface area contributed by atoms with Gasteiger partial charge in [-0.15, -0.1) is 0 Å². The summed E-state index contributed by atoms with van der Waals surface area (Å²) in [5.74, 6) is 0.452. The highest BCUT2D eigenvalue weighted by atomic mass is 35.5.